The molecule has 0 heterocycles. The largest absolute Gasteiger partial charge is 0.465 e. The van der Waals surface area contributed by atoms with Gasteiger partial charge in [-0.1, -0.05) is 39.0 Å². The third kappa shape index (κ3) is 3.74. The number of fused-ring (bicyclic) bond motifs is 2. The van der Waals surface area contributed by atoms with Crippen molar-refractivity contribution in [1.82, 2.24) is 10.2 Å². The summed E-state index contributed by atoms with van der Waals surface area (Å²) in [5.41, 5.74) is 0.0730. The van der Waals surface area contributed by atoms with Crippen LogP contribution in [0.4, 0.5) is 0 Å². The van der Waals surface area contributed by atoms with Crippen LogP contribution in [0, 0.1) is 44.8 Å². The van der Waals surface area contributed by atoms with Crippen molar-refractivity contribution in [2.45, 2.75) is 98.1 Å². The lowest BCUT2D eigenvalue weighted by Gasteiger charge is -2.63. The average molecular weight is 563 g/mol. The molecule has 6 rings (SSSR count). The highest BCUT2D eigenvalue weighted by Crippen LogP contribution is 2.88. The lowest BCUT2D eigenvalue weighted by atomic mass is 9.41. The number of nitrogens with one attached hydrogen (secondary N) is 1. The lowest BCUT2D eigenvalue weighted by molar-refractivity contribution is -0.176. The smallest absolute Gasteiger partial charge is 0.302 e. The summed E-state index contributed by atoms with van der Waals surface area (Å²) in [5.74, 6) is 1.30. The molecule has 1 aromatic carbocycles. The number of benzene rings is 1. The van der Waals surface area contributed by atoms with Gasteiger partial charge in [0.1, 0.15) is 5.78 Å². The number of hydrogen-bond acceptors (Lipinski definition) is 5. The van der Waals surface area contributed by atoms with Gasteiger partial charge in [-0.15, -0.1) is 0 Å². The zero-order chi connectivity index (χ0) is 29.6. The fourth-order valence-electron chi connectivity index (χ4n) is 11.6. The Hall–Kier alpha value is -2.21. The van der Waals surface area contributed by atoms with Crippen LogP contribution in [0.1, 0.15) is 96.3 Å². The molecule has 5 saturated carbocycles. The van der Waals surface area contributed by atoms with Gasteiger partial charge in [0.05, 0.1) is 6.61 Å². The molecule has 2 spiro atoms. The highest BCUT2D eigenvalue weighted by atomic mass is 16.5. The van der Waals surface area contributed by atoms with Crippen molar-refractivity contribution in [3.05, 3.63) is 35.9 Å². The maximum Gasteiger partial charge on any atom is 0.302 e. The molecule has 0 aliphatic heterocycles. The van der Waals surface area contributed by atoms with Crippen molar-refractivity contribution in [1.29, 1.82) is 0 Å². The fourth-order valence-corrected chi connectivity index (χ4v) is 11.6. The summed E-state index contributed by atoms with van der Waals surface area (Å²) in [4.78, 5) is 42.4. The minimum absolute atomic E-state index is 0.0161. The summed E-state index contributed by atoms with van der Waals surface area (Å²) in [6.07, 6.45) is 7.89. The summed E-state index contributed by atoms with van der Waals surface area (Å²) in [5, 5.41) is 3.36. The van der Waals surface area contributed by atoms with E-state index in [1.165, 1.54) is 19.8 Å². The summed E-state index contributed by atoms with van der Waals surface area (Å²) in [7, 11) is 4.35. The van der Waals surface area contributed by atoms with E-state index in [4.69, 9.17) is 4.74 Å². The molecule has 224 valence electrons. The Balaban J connectivity index is 1.34. The molecule has 10 atom stereocenters. The molecule has 0 unspecified atom stereocenters. The molecule has 6 heteroatoms. The highest BCUT2D eigenvalue weighted by molar-refractivity contribution is 5.94. The molecule has 6 nitrogen and oxygen atoms in total. The average Bonchev–Trinajstić information content (AvgIpc) is 3.55. The van der Waals surface area contributed by atoms with E-state index in [9.17, 15) is 14.4 Å². The fraction of sp³-hybridized carbons (Fsp3) is 0.743. The molecular weight excluding hydrogens is 512 g/mol. The zero-order valence-corrected chi connectivity index (χ0v) is 26.2. The monoisotopic (exact) mass is 562 g/mol. The Morgan fingerprint density at radius 2 is 1.68 bits per heavy atom. The second-order valence-electron chi connectivity index (χ2n) is 15.5. The third-order valence-electron chi connectivity index (χ3n) is 14.1. The molecule has 1 N–H and O–H groups in total. The lowest BCUT2D eigenvalue weighted by Crippen LogP contribution is -2.64. The van der Waals surface area contributed by atoms with E-state index >= 15 is 0 Å². The molecule has 1 amide bonds. The van der Waals surface area contributed by atoms with Crippen LogP contribution in [0.5, 0.6) is 0 Å². The van der Waals surface area contributed by atoms with Gasteiger partial charge in [0.25, 0.3) is 5.91 Å². The first kappa shape index (κ1) is 28.9. The Labute approximate surface area is 246 Å². The van der Waals surface area contributed by atoms with E-state index in [1.807, 2.05) is 30.3 Å². The minimum atomic E-state index is -0.428. The predicted molar refractivity (Wildman–Crippen MR) is 159 cm³/mol. The van der Waals surface area contributed by atoms with Crippen molar-refractivity contribution in [3.8, 4) is 0 Å². The SMILES string of the molecule is CC(=O)OC[C@]1(C)[C@@H](NC(=O)c2ccccc2)CC[C@]23C[C@]24C(=O)C[C@]2(C)[C@@H]([C@H](C)N(C)C)CC[C@@]2(C)[C@@H]4CC[C@@H]13. The Morgan fingerprint density at radius 1 is 1.00 bits per heavy atom. The van der Waals surface area contributed by atoms with E-state index in [0.717, 1.165) is 32.1 Å². The van der Waals surface area contributed by atoms with Gasteiger partial charge in [-0.05, 0) is 112 Å². The van der Waals surface area contributed by atoms with Crippen LogP contribution in [-0.2, 0) is 14.3 Å². The molecule has 0 bridgehead atoms. The van der Waals surface area contributed by atoms with Gasteiger partial charge in [-0.2, -0.15) is 0 Å². The van der Waals surface area contributed by atoms with Gasteiger partial charge in [-0.25, -0.2) is 0 Å². The van der Waals surface area contributed by atoms with Crippen LogP contribution < -0.4 is 5.32 Å². The Kier molecular flexibility index (Phi) is 6.62. The van der Waals surface area contributed by atoms with E-state index < -0.39 is 5.41 Å². The topological polar surface area (TPSA) is 75.7 Å². The number of ketones is 1. The standard InChI is InChI=1S/C35H50N2O4/c1-22(37(6)7)25-15-17-32(4)27-14-13-26-31(3,21-41-23(2)38)28(36-30(40)24-11-9-8-10-12-24)16-18-34(26)20-35(27,34)29(39)19-33(25,32)5/h8-12,22,25-28H,13-21H2,1-7H3,(H,36,40)/t22-,25+,26-,27-,28-,31-,32-,33+,34+,35-/m0/s1. The number of carbonyl (C=O) groups excluding carboxylic acids is 3. The number of hydrogen-bond donors (Lipinski definition) is 1. The number of esters is 1. The van der Waals surface area contributed by atoms with Gasteiger partial charge < -0.3 is 15.0 Å². The van der Waals surface area contributed by atoms with Gasteiger partial charge in [0.2, 0.25) is 0 Å². The minimum Gasteiger partial charge on any atom is -0.465 e. The van der Waals surface area contributed by atoms with E-state index in [2.05, 4.69) is 52.0 Å². The summed E-state index contributed by atoms with van der Waals surface area (Å²) >= 11 is 0. The molecule has 5 fully saturated rings. The van der Waals surface area contributed by atoms with Gasteiger partial charge in [-0.3, -0.25) is 14.4 Å². The number of ether oxygens (including phenoxy) is 1. The Morgan fingerprint density at radius 3 is 2.34 bits per heavy atom. The third-order valence-corrected chi connectivity index (χ3v) is 14.1. The second kappa shape index (κ2) is 9.39. The first-order chi connectivity index (χ1) is 19.3. The summed E-state index contributed by atoms with van der Waals surface area (Å²) in [6, 6.07) is 9.70. The highest BCUT2D eigenvalue weighted by Gasteiger charge is 2.85. The van der Waals surface area contributed by atoms with Crippen molar-refractivity contribution in [3.63, 3.8) is 0 Å². The first-order valence-corrected chi connectivity index (χ1v) is 16.0. The second-order valence-corrected chi connectivity index (χ2v) is 15.5. The molecule has 5 aliphatic rings. The number of amides is 1. The van der Waals surface area contributed by atoms with Crippen LogP contribution in [0.15, 0.2) is 30.3 Å². The number of Topliss-reactive ketones (excluding diaryl/α,β-unsaturated/α-hetero) is 1. The van der Waals surface area contributed by atoms with Crippen molar-refractivity contribution >= 4 is 17.7 Å². The number of carbonyl (C=O) groups is 3. The van der Waals surface area contributed by atoms with Crippen LogP contribution in [0.2, 0.25) is 0 Å². The Bertz CT molecular complexity index is 1250. The van der Waals surface area contributed by atoms with E-state index in [0.29, 0.717) is 35.6 Å². The maximum absolute atomic E-state index is 14.6. The molecular formula is C35H50N2O4. The van der Waals surface area contributed by atoms with Crippen LogP contribution in [-0.4, -0.2) is 55.3 Å². The van der Waals surface area contributed by atoms with Gasteiger partial charge >= 0.3 is 5.97 Å². The summed E-state index contributed by atoms with van der Waals surface area (Å²) < 4.78 is 5.76. The molecule has 5 aliphatic carbocycles. The molecule has 0 saturated heterocycles. The number of rotatable bonds is 6. The van der Waals surface area contributed by atoms with Crippen LogP contribution >= 0.6 is 0 Å². The molecule has 0 radical (unpaired) electrons. The zero-order valence-electron chi connectivity index (χ0n) is 26.2. The van der Waals surface area contributed by atoms with E-state index in [-0.39, 0.29) is 52.1 Å². The first-order valence-electron chi connectivity index (χ1n) is 16.0. The van der Waals surface area contributed by atoms with Crippen molar-refractivity contribution < 1.29 is 19.1 Å². The molecule has 1 aromatic rings. The van der Waals surface area contributed by atoms with Crippen LogP contribution in [0.3, 0.4) is 0 Å². The summed E-state index contributed by atoms with van der Waals surface area (Å²) in [6.45, 7) is 11.3. The quantitative estimate of drug-likeness (QED) is 0.437. The van der Waals surface area contributed by atoms with Gasteiger partial charge in [0.15, 0.2) is 0 Å². The molecule has 0 aromatic heterocycles. The normalized spacial score (nSPS) is 45.1. The predicted octanol–water partition coefficient (Wildman–Crippen LogP) is 5.90. The number of nitrogens with zero attached hydrogens (tertiary/aromatic N) is 1. The van der Waals surface area contributed by atoms with Crippen LogP contribution in [0.25, 0.3) is 0 Å². The van der Waals surface area contributed by atoms with Crippen molar-refractivity contribution in [2.75, 3.05) is 20.7 Å². The van der Waals surface area contributed by atoms with Gasteiger partial charge in [0, 0.05) is 41.8 Å². The van der Waals surface area contributed by atoms with Crippen molar-refractivity contribution in [2.24, 2.45) is 44.8 Å². The van der Waals surface area contributed by atoms with E-state index in [1.54, 1.807) is 0 Å². The maximum atomic E-state index is 14.6. The molecule has 41 heavy (non-hydrogen) atoms.